The average molecular weight is 281 g/mol. The van der Waals surface area contributed by atoms with Crippen molar-refractivity contribution in [1.29, 1.82) is 0 Å². The lowest BCUT2D eigenvalue weighted by Gasteiger charge is -2.08. The highest BCUT2D eigenvalue weighted by Crippen LogP contribution is 2.12. The Morgan fingerprint density at radius 3 is 2.90 bits per heavy atom. The number of amides is 1. The third kappa shape index (κ3) is 7.76. The van der Waals surface area contributed by atoms with Crippen molar-refractivity contribution >= 4 is 5.91 Å². The van der Waals surface area contributed by atoms with Gasteiger partial charge in [-0.15, -0.1) is 0 Å². The maximum absolute atomic E-state index is 11.5. The molecule has 1 rings (SSSR count). The molecular formula is C15H23NO4. The lowest BCUT2D eigenvalue weighted by atomic mass is 10.2. The number of hydrogen-bond donors (Lipinski definition) is 2. The Morgan fingerprint density at radius 1 is 1.30 bits per heavy atom. The summed E-state index contributed by atoms with van der Waals surface area (Å²) in [6.45, 7) is 3.87. The molecule has 0 aliphatic heterocycles. The van der Waals surface area contributed by atoms with Crippen LogP contribution in [0.3, 0.4) is 0 Å². The van der Waals surface area contributed by atoms with Crippen LogP contribution < -0.4 is 10.1 Å². The second-order valence-corrected chi connectivity index (χ2v) is 4.45. The number of ether oxygens (including phenoxy) is 2. The predicted molar refractivity (Wildman–Crippen MR) is 76.8 cm³/mol. The van der Waals surface area contributed by atoms with Crippen LogP contribution in [-0.4, -0.2) is 44.0 Å². The zero-order chi connectivity index (χ0) is 14.6. The van der Waals surface area contributed by atoms with Crippen LogP contribution in [0.5, 0.6) is 5.75 Å². The van der Waals surface area contributed by atoms with E-state index in [0.717, 1.165) is 17.7 Å². The molecule has 0 atom stereocenters. The minimum Gasteiger partial charge on any atom is -0.493 e. The van der Waals surface area contributed by atoms with Gasteiger partial charge in [-0.25, -0.2) is 0 Å². The van der Waals surface area contributed by atoms with Crippen molar-refractivity contribution < 1.29 is 19.4 Å². The lowest BCUT2D eigenvalue weighted by Crippen LogP contribution is -2.26. The Hall–Kier alpha value is -1.59. The van der Waals surface area contributed by atoms with Gasteiger partial charge in [0.2, 0.25) is 5.91 Å². The van der Waals surface area contributed by atoms with Gasteiger partial charge >= 0.3 is 0 Å². The highest BCUT2D eigenvalue weighted by molar-refractivity contribution is 5.75. The van der Waals surface area contributed by atoms with E-state index in [9.17, 15) is 4.79 Å². The summed E-state index contributed by atoms with van der Waals surface area (Å²) in [6.07, 6.45) is 1.08. The second-order valence-electron chi connectivity index (χ2n) is 4.45. The first-order valence-corrected chi connectivity index (χ1v) is 6.87. The van der Waals surface area contributed by atoms with Crippen LogP contribution in [0.15, 0.2) is 24.3 Å². The van der Waals surface area contributed by atoms with Gasteiger partial charge in [-0.05, 0) is 31.0 Å². The van der Waals surface area contributed by atoms with E-state index in [-0.39, 0.29) is 12.5 Å². The normalized spacial score (nSPS) is 10.3. The van der Waals surface area contributed by atoms with Gasteiger partial charge in [0.25, 0.3) is 0 Å². The van der Waals surface area contributed by atoms with Crippen LogP contribution in [0.2, 0.25) is 0 Å². The molecule has 0 fully saturated rings. The smallest absolute Gasteiger partial charge is 0.223 e. The van der Waals surface area contributed by atoms with Crippen LogP contribution in [0.25, 0.3) is 0 Å². The summed E-state index contributed by atoms with van der Waals surface area (Å²) in [5.41, 5.74) is 1.13. The fraction of sp³-hybridized carbons (Fsp3) is 0.533. The molecule has 1 aromatic rings. The Labute approximate surface area is 119 Å². The zero-order valence-electron chi connectivity index (χ0n) is 11.9. The maximum Gasteiger partial charge on any atom is 0.223 e. The average Bonchev–Trinajstić information content (AvgIpc) is 2.43. The second kappa shape index (κ2) is 10.2. The van der Waals surface area contributed by atoms with Crippen LogP contribution in [-0.2, 0) is 9.53 Å². The van der Waals surface area contributed by atoms with E-state index in [0.29, 0.717) is 32.8 Å². The number of carbonyl (C=O) groups excluding carboxylic acids is 1. The topological polar surface area (TPSA) is 67.8 Å². The molecule has 0 saturated carbocycles. The van der Waals surface area contributed by atoms with Gasteiger partial charge in [-0.2, -0.15) is 0 Å². The van der Waals surface area contributed by atoms with Gasteiger partial charge < -0.3 is 19.9 Å². The van der Waals surface area contributed by atoms with Crippen LogP contribution in [0.1, 0.15) is 18.4 Å². The van der Waals surface area contributed by atoms with Crippen molar-refractivity contribution in [3.05, 3.63) is 29.8 Å². The van der Waals surface area contributed by atoms with Crippen LogP contribution in [0, 0.1) is 6.92 Å². The molecule has 112 valence electrons. The third-order valence-electron chi connectivity index (χ3n) is 2.61. The summed E-state index contributed by atoms with van der Waals surface area (Å²) < 4.78 is 10.6. The summed E-state index contributed by atoms with van der Waals surface area (Å²) in [5.74, 6) is 0.759. The quantitative estimate of drug-likeness (QED) is 0.634. The molecule has 20 heavy (non-hydrogen) atoms. The molecule has 5 nitrogen and oxygen atoms in total. The molecule has 0 aliphatic carbocycles. The predicted octanol–water partition coefficient (Wildman–Crippen LogP) is 1.28. The summed E-state index contributed by atoms with van der Waals surface area (Å²) >= 11 is 0. The zero-order valence-corrected chi connectivity index (χ0v) is 11.9. The van der Waals surface area contributed by atoms with Gasteiger partial charge in [-0.3, -0.25) is 4.79 Å². The van der Waals surface area contributed by atoms with E-state index in [2.05, 4.69) is 5.32 Å². The largest absolute Gasteiger partial charge is 0.493 e. The number of nitrogens with one attached hydrogen (secondary N) is 1. The highest BCUT2D eigenvalue weighted by atomic mass is 16.5. The number of benzene rings is 1. The lowest BCUT2D eigenvalue weighted by molar-refractivity contribution is -0.121. The first-order valence-electron chi connectivity index (χ1n) is 6.87. The number of carbonyl (C=O) groups is 1. The molecular weight excluding hydrogens is 258 g/mol. The molecule has 0 unspecified atom stereocenters. The maximum atomic E-state index is 11.5. The van der Waals surface area contributed by atoms with E-state index in [1.807, 2.05) is 31.2 Å². The molecule has 0 aliphatic rings. The molecule has 0 radical (unpaired) electrons. The SMILES string of the molecule is Cc1cccc(OCCC(=O)NCCCOCCO)c1. The van der Waals surface area contributed by atoms with E-state index in [1.54, 1.807) is 0 Å². The molecule has 5 heteroatoms. The van der Waals surface area contributed by atoms with Crippen molar-refractivity contribution in [2.75, 3.05) is 33.0 Å². The number of hydrogen-bond acceptors (Lipinski definition) is 4. The van der Waals surface area contributed by atoms with Gasteiger partial charge in [-0.1, -0.05) is 12.1 Å². The van der Waals surface area contributed by atoms with Gasteiger partial charge in [0.1, 0.15) is 5.75 Å². The van der Waals surface area contributed by atoms with Gasteiger partial charge in [0.05, 0.1) is 26.2 Å². The van der Waals surface area contributed by atoms with Crippen LogP contribution in [0.4, 0.5) is 0 Å². The van der Waals surface area contributed by atoms with Crippen molar-refractivity contribution in [3.63, 3.8) is 0 Å². The standard InChI is InChI=1S/C15H23NO4/c1-13-4-2-5-14(12-13)20-10-6-15(18)16-7-3-9-19-11-8-17/h2,4-5,12,17H,3,6-11H2,1H3,(H,16,18). The molecule has 0 bridgehead atoms. The number of aliphatic hydroxyl groups is 1. The summed E-state index contributed by atoms with van der Waals surface area (Å²) in [6, 6.07) is 7.75. The molecule has 1 aromatic carbocycles. The Balaban J connectivity index is 2.03. The summed E-state index contributed by atoms with van der Waals surface area (Å²) in [4.78, 5) is 11.5. The third-order valence-corrected chi connectivity index (χ3v) is 2.61. The Kier molecular flexibility index (Phi) is 8.42. The Bertz CT molecular complexity index is 395. The summed E-state index contributed by atoms with van der Waals surface area (Å²) in [5, 5.41) is 11.3. The number of aryl methyl sites for hydroxylation is 1. The highest BCUT2D eigenvalue weighted by Gasteiger charge is 2.01. The van der Waals surface area contributed by atoms with Crippen LogP contribution >= 0.6 is 0 Å². The minimum atomic E-state index is -0.0280. The molecule has 0 aromatic heterocycles. The summed E-state index contributed by atoms with van der Waals surface area (Å²) in [7, 11) is 0. The molecule has 0 heterocycles. The monoisotopic (exact) mass is 281 g/mol. The number of rotatable bonds is 10. The fourth-order valence-corrected chi connectivity index (χ4v) is 1.62. The minimum absolute atomic E-state index is 0.0280. The number of aliphatic hydroxyl groups excluding tert-OH is 1. The van der Waals surface area contributed by atoms with E-state index >= 15 is 0 Å². The first kappa shape index (κ1) is 16.5. The van der Waals surface area contributed by atoms with Crippen molar-refractivity contribution in [1.82, 2.24) is 5.32 Å². The van der Waals surface area contributed by atoms with Gasteiger partial charge in [0.15, 0.2) is 0 Å². The molecule has 1 amide bonds. The molecule has 0 spiro atoms. The van der Waals surface area contributed by atoms with Crippen molar-refractivity contribution in [2.24, 2.45) is 0 Å². The molecule has 2 N–H and O–H groups in total. The van der Waals surface area contributed by atoms with E-state index in [4.69, 9.17) is 14.6 Å². The molecule has 0 saturated heterocycles. The van der Waals surface area contributed by atoms with Crippen molar-refractivity contribution in [2.45, 2.75) is 19.8 Å². The fourth-order valence-electron chi connectivity index (χ4n) is 1.62. The van der Waals surface area contributed by atoms with E-state index in [1.165, 1.54) is 0 Å². The van der Waals surface area contributed by atoms with E-state index < -0.39 is 0 Å². The van der Waals surface area contributed by atoms with Crippen molar-refractivity contribution in [3.8, 4) is 5.75 Å². The first-order chi connectivity index (χ1) is 9.72. The van der Waals surface area contributed by atoms with Gasteiger partial charge in [0, 0.05) is 13.2 Å². The Morgan fingerprint density at radius 2 is 2.15 bits per heavy atom.